The molecule has 9 heteroatoms. The number of rotatable bonds is 8. The largest absolute Gasteiger partial charge is 0.464 e. The summed E-state index contributed by atoms with van der Waals surface area (Å²) in [5.41, 5.74) is 2.36. The number of carbonyl (C=O) groups excluding carboxylic acids is 1. The first kappa shape index (κ1) is 16.9. The van der Waals surface area contributed by atoms with E-state index in [-0.39, 0.29) is 30.5 Å². The van der Waals surface area contributed by atoms with Gasteiger partial charge in [0.25, 0.3) is 0 Å². The molecule has 0 spiro atoms. The van der Waals surface area contributed by atoms with Gasteiger partial charge < -0.3 is 15.0 Å². The first-order valence-electron chi connectivity index (χ1n) is 6.89. The number of nitrogen functional groups attached to an aromatic ring is 1. The molecule has 1 amide bonds. The van der Waals surface area contributed by atoms with Crippen LogP contribution in [0.1, 0.15) is 27.7 Å². The Morgan fingerprint density at radius 1 is 1.33 bits per heavy atom. The maximum Gasteiger partial charge on any atom is 0.323 e. The molecule has 118 valence electrons. The van der Waals surface area contributed by atoms with Gasteiger partial charge in [0.15, 0.2) is 0 Å². The van der Waals surface area contributed by atoms with E-state index in [0.717, 1.165) is 0 Å². The number of carbonyl (C=O) groups is 1. The molecule has 0 aliphatic carbocycles. The van der Waals surface area contributed by atoms with E-state index in [9.17, 15) is 4.79 Å². The van der Waals surface area contributed by atoms with Crippen LogP contribution < -0.4 is 26.2 Å². The van der Waals surface area contributed by atoms with Crippen LogP contribution in [0.15, 0.2) is 0 Å². The molecule has 1 rings (SSSR count). The van der Waals surface area contributed by atoms with Crippen LogP contribution in [0, 0.1) is 0 Å². The molecule has 0 bridgehead atoms. The summed E-state index contributed by atoms with van der Waals surface area (Å²) in [6, 6.07) is 0.244. The molecule has 0 aromatic carbocycles. The fourth-order valence-electron chi connectivity index (χ4n) is 1.61. The third kappa shape index (κ3) is 5.38. The van der Waals surface area contributed by atoms with Gasteiger partial charge in [-0.15, -0.1) is 0 Å². The van der Waals surface area contributed by atoms with Gasteiger partial charge in [-0.25, -0.2) is 5.84 Å². The van der Waals surface area contributed by atoms with Crippen LogP contribution in [-0.4, -0.2) is 46.6 Å². The topological polar surface area (TPSA) is 118 Å². The van der Waals surface area contributed by atoms with Gasteiger partial charge in [0.1, 0.15) is 0 Å². The highest BCUT2D eigenvalue weighted by atomic mass is 16.5. The number of hydrogen-bond acceptors (Lipinski definition) is 8. The third-order valence-corrected chi connectivity index (χ3v) is 2.45. The standard InChI is InChI=1S/C12H23N7O2/c1-5-19(7-9(20)14-8(3)4)11-15-10(18-13)16-12(17-11)21-6-2/h8H,5-7,13H2,1-4H3,(H,14,20)(H,15,16,17,18). The summed E-state index contributed by atoms with van der Waals surface area (Å²) in [4.78, 5) is 25.9. The van der Waals surface area contributed by atoms with Gasteiger partial charge in [0.05, 0.1) is 13.2 Å². The summed E-state index contributed by atoms with van der Waals surface area (Å²) in [5.74, 6) is 5.75. The summed E-state index contributed by atoms with van der Waals surface area (Å²) in [7, 11) is 0. The Kier molecular flexibility index (Phi) is 6.60. The smallest absolute Gasteiger partial charge is 0.323 e. The molecule has 1 aromatic rings. The second-order valence-corrected chi connectivity index (χ2v) is 4.56. The molecule has 21 heavy (non-hydrogen) atoms. The molecule has 0 fully saturated rings. The Morgan fingerprint density at radius 3 is 2.57 bits per heavy atom. The van der Waals surface area contributed by atoms with Gasteiger partial charge in [0.2, 0.25) is 17.8 Å². The fraction of sp³-hybridized carbons (Fsp3) is 0.667. The Morgan fingerprint density at radius 2 is 2.05 bits per heavy atom. The van der Waals surface area contributed by atoms with Crippen molar-refractivity contribution >= 4 is 17.8 Å². The average molecular weight is 297 g/mol. The Hall–Kier alpha value is -2.16. The number of nitrogens with two attached hydrogens (primary N) is 1. The van der Waals surface area contributed by atoms with Crippen molar-refractivity contribution in [3.8, 4) is 6.01 Å². The van der Waals surface area contributed by atoms with Crippen molar-refractivity contribution < 1.29 is 9.53 Å². The number of anilines is 2. The lowest BCUT2D eigenvalue weighted by atomic mass is 10.4. The molecule has 0 radical (unpaired) electrons. The second kappa shape index (κ2) is 8.20. The van der Waals surface area contributed by atoms with Gasteiger partial charge in [-0.1, -0.05) is 0 Å². The van der Waals surface area contributed by atoms with Crippen molar-refractivity contribution in [1.29, 1.82) is 0 Å². The van der Waals surface area contributed by atoms with Crippen LogP contribution in [0.2, 0.25) is 0 Å². The number of amides is 1. The highest BCUT2D eigenvalue weighted by Crippen LogP contribution is 2.14. The van der Waals surface area contributed by atoms with Gasteiger partial charge in [0, 0.05) is 12.6 Å². The van der Waals surface area contributed by atoms with Gasteiger partial charge >= 0.3 is 6.01 Å². The van der Waals surface area contributed by atoms with Gasteiger partial charge in [-0.05, 0) is 27.7 Å². The van der Waals surface area contributed by atoms with Gasteiger partial charge in [-0.3, -0.25) is 10.2 Å². The van der Waals surface area contributed by atoms with Crippen LogP contribution in [0.3, 0.4) is 0 Å². The lowest BCUT2D eigenvalue weighted by Crippen LogP contribution is -2.40. The summed E-state index contributed by atoms with van der Waals surface area (Å²) < 4.78 is 5.27. The zero-order chi connectivity index (χ0) is 15.8. The van der Waals surface area contributed by atoms with E-state index < -0.39 is 0 Å². The lowest BCUT2D eigenvalue weighted by molar-refractivity contribution is -0.120. The van der Waals surface area contributed by atoms with E-state index in [1.54, 1.807) is 4.90 Å². The minimum Gasteiger partial charge on any atom is -0.464 e. The third-order valence-electron chi connectivity index (χ3n) is 2.45. The van der Waals surface area contributed by atoms with E-state index >= 15 is 0 Å². The first-order valence-corrected chi connectivity index (χ1v) is 6.89. The van der Waals surface area contributed by atoms with Crippen molar-refractivity contribution in [1.82, 2.24) is 20.3 Å². The molecule has 0 atom stereocenters. The van der Waals surface area contributed by atoms with Crippen LogP contribution in [0.4, 0.5) is 11.9 Å². The highest BCUT2D eigenvalue weighted by Gasteiger charge is 2.16. The van der Waals surface area contributed by atoms with Crippen LogP contribution in [0.5, 0.6) is 6.01 Å². The van der Waals surface area contributed by atoms with Crippen LogP contribution in [0.25, 0.3) is 0 Å². The van der Waals surface area contributed by atoms with E-state index in [2.05, 4.69) is 25.7 Å². The van der Waals surface area contributed by atoms with Crippen LogP contribution in [-0.2, 0) is 4.79 Å². The minimum atomic E-state index is -0.104. The SMILES string of the molecule is CCOc1nc(NN)nc(N(CC)CC(=O)NC(C)C)n1. The zero-order valence-electron chi connectivity index (χ0n) is 12.9. The Balaban J connectivity index is 2.93. The number of ether oxygens (including phenoxy) is 1. The molecule has 1 aromatic heterocycles. The van der Waals surface area contributed by atoms with Crippen molar-refractivity contribution in [2.75, 3.05) is 30.0 Å². The number of nitrogens with zero attached hydrogens (tertiary/aromatic N) is 4. The molecule has 0 aliphatic heterocycles. The molecular formula is C12H23N7O2. The summed E-state index contributed by atoms with van der Waals surface area (Å²) in [5, 5.41) is 2.82. The molecule has 4 N–H and O–H groups in total. The monoisotopic (exact) mass is 297 g/mol. The van der Waals surface area contributed by atoms with E-state index in [0.29, 0.717) is 19.1 Å². The van der Waals surface area contributed by atoms with Crippen LogP contribution >= 0.6 is 0 Å². The van der Waals surface area contributed by atoms with Crippen molar-refractivity contribution in [3.05, 3.63) is 0 Å². The number of hydrogen-bond donors (Lipinski definition) is 3. The highest BCUT2D eigenvalue weighted by molar-refractivity contribution is 5.81. The molecule has 9 nitrogen and oxygen atoms in total. The lowest BCUT2D eigenvalue weighted by Gasteiger charge is -2.21. The quantitative estimate of drug-likeness (QED) is 0.450. The normalized spacial score (nSPS) is 10.4. The summed E-state index contributed by atoms with van der Waals surface area (Å²) in [6.07, 6.45) is 0. The summed E-state index contributed by atoms with van der Waals surface area (Å²) >= 11 is 0. The molecule has 0 saturated heterocycles. The molecule has 0 unspecified atom stereocenters. The Bertz CT molecular complexity index is 467. The number of aromatic nitrogens is 3. The predicted molar refractivity (Wildman–Crippen MR) is 80.0 cm³/mol. The Labute approximate surface area is 124 Å². The maximum atomic E-state index is 11.9. The van der Waals surface area contributed by atoms with E-state index in [1.807, 2.05) is 27.7 Å². The fourth-order valence-corrected chi connectivity index (χ4v) is 1.61. The molecule has 0 aliphatic rings. The first-order chi connectivity index (χ1) is 9.99. The van der Waals surface area contributed by atoms with Crippen molar-refractivity contribution in [3.63, 3.8) is 0 Å². The van der Waals surface area contributed by atoms with Gasteiger partial charge in [-0.2, -0.15) is 15.0 Å². The number of hydrazine groups is 1. The minimum absolute atomic E-state index is 0.0785. The summed E-state index contributed by atoms with van der Waals surface area (Å²) in [6.45, 7) is 8.67. The maximum absolute atomic E-state index is 11.9. The average Bonchev–Trinajstić information content (AvgIpc) is 2.43. The molecule has 0 saturated carbocycles. The molecule has 1 heterocycles. The molecular weight excluding hydrogens is 274 g/mol. The zero-order valence-corrected chi connectivity index (χ0v) is 12.9. The second-order valence-electron chi connectivity index (χ2n) is 4.56. The van der Waals surface area contributed by atoms with Crippen molar-refractivity contribution in [2.24, 2.45) is 5.84 Å². The number of likely N-dealkylation sites (N-methyl/N-ethyl adjacent to an activating group) is 1. The predicted octanol–water partition coefficient (Wildman–Crippen LogP) is -0.0932. The van der Waals surface area contributed by atoms with E-state index in [4.69, 9.17) is 10.6 Å². The van der Waals surface area contributed by atoms with E-state index in [1.165, 1.54) is 0 Å². The number of nitrogens with one attached hydrogen (secondary N) is 2. The van der Waals surface area contributed by atoms with Crippen molar-refractivity contribution in [2.45, 2.75) is 33.7 Å².